The van der Waals surface area contributed by atoms with Crippen LogP contribution in [0.3, 0.4) is 0 Å². The zero-order chi connectivity index (χ0) is 46.6. The number of phosphoric acid groups is 1. The number of carbonyl (C=O) groups excluding carboxylic acids is 3. The summed E-state index contributed by atoms with van der Waals surface area (Å²) in [5.74, 6) is -2.32. The molecule has 63 heavy (non-hydrogen) atoms. The number of aliphatic hydroxyl groups is 3. The third-order valence-corrected chi connectivity index (χ3v) is 12.5. The van der Waals surface area contributed by atoms with Gasteiger partial charge in [-0.2, -0.15) is 0 Å². The van der Waals surface area contributed by atoms with E-state index < -0.39 is 88.0 Å². The molecule has 6 N–H and O–H groups in total. The molecular weight excluding hydrogens is 829 g/mol. The zero-order valence-corrected chi connectivity index (χ0v) is 40.6. The number of aliphatic hydroxyl groups excluding tert-OH is 3. The molecule has 0 aromatic rings. The van der Waals surface area contributed by atoms with E-state index in [0.717, 1.165) is 83.5 Å². The number of nitrogens with one attached hydrogen (secondary N) is 1. The highest BCUT2D eigenvalue weighted by Gasteiger charge is 2.53. The van der Waals surface area contributed by atoms with Crippen molar-refractivity contribution in [2.75, 3.05) is 6.61 Å². The van der Waals surface area contributed by atoms with Crippen LogP contribution in [-0.4, -0.2) is 92.4 Å². The van der Waals surface area contributed by atoms with Crippen molar-refractivity contribution in [3.05, 3.63) is 0 Å². The molecule has 0 spiro atoms. The Morgan fingerprint density at radius 3 is 1.30 bits per heavy atom. The second kappa shape index (κ2) is 38.5. The van der Waals surface area contributed by atoms with Crippen LogP contribution in [0.2, 0.25) is 0 Å². The Kier molecular flexibility index (Phi) is 36.3. The molecule has 0 unspecified atom stereocenters. The molecule has 0 aromatic carbocycles. The van der Waals surface area contributed by atoms with Gasteiger partial charge in [-0.25, -0.2) is 4.57 Å². The topological polar surface area (TPSA) is 218 Å². The first-order valence-electron chi connectivity index (χ1n) is 25.4. The molecule has 0 aliphatic carbocycles. The van der Waals surface area contributed by atoms with Gasteiger partial charge in [0.25, 0.3) is 0 Å². The Morgan fingerprint density at radius 2 is 0.921 bits per heavy atom. The minimum atomic E-state index is -5.30. The fourth-order valence-electron chi connectivity index (χ4n) is 8.29. The van der Waals surface area contributed by atoms with E-state index in [-0.39, 0.29) is 6.42 Å². The largest absolute Gasteiger partial charge is 0.470 e. The minimum absolute atomic E-state index is 0.0639. The van der Waals surface area contributed by atoms with Crippen LogP contribution in [0.15, 0.2) is 0 Å². The van der Waals surface area contributed by atoms with Gasteiger partial charge in [0.05, 0.1) is 31.7 Å². The van der Waals surface area contributed by atoms with Crippen LogP contribution in [-0.2, 0) is 37.7 Å². The Morgan fingerprint density at radius 1 is 0.556 bits per heavy atom. The molecule has 1 rings (SSSR count). The van der Waals surface area contributed by atoms with E-state index in [1.54, 1.807) is 0 Å². The molecule has 1 aliphatic heterocycles. The van der Waals surface area contributed by atoms with Gasteiger partial charge in [0.1, 0.15) is 18.2 Å². The maximum absolute atomic E-state index is 13.4. The summed E-state index contributed by atoms with van der Waals surface area (Å²) < 4.78 is 34.5. The number of unbranched alkanes of at least 4 members (excludes halogenated alkanes) is 26. The summed E-state index contributed by atoms with van der Waals surface area (Å²) in [6, 6.07) is -1.51. The molecule has 0 aromatic heterocycles. The smallest absolute Gasteiger partial charge is 0.457 e. The molecule has 372 valence electrons. The normalized spacial score (nSPS) is 20.0. The molecule has 1 amide bonds. The summed E-state index contributed by atoms with van der Waals surface area (Å²) in [7, 11) is -5.30. The van der Waals surface area contributed by atoms with Crippen LogP contribution in [0.4, 0.5) is 0 Å². The standard InChI is InChI=1S/C48H92NO13P/c1-4-7-10-13-16-18-20-22-25-27-30-33-39(51)36-43(54)60-47-45(49-42(53)35-32-29-24-15-12-9-6-3)48(59-41(38-50)46(47)62-63(56,57)58)61-44(55)37-40(52)34-31-28-26-23-21-19-17-14-11-8-5-2/h39-41,45-48,50-52H,4-38H2,1-3H3,(H,49,53)(H2,56,57,58)/t39-,40-,41-,45-,46-,47-,48-/m1/s1. The van der Waals surface area contributed by atoms with Crippen LogP contribution in [0.5, 0.6) is 0 Å². The van der Waals surface area contributed by atoms with E-state index >= 15 is 0 Å². The van der Waals surface area contributed by atoms with Gasteiger partial charge in [-0.1, -0.05) is 201 Å². The lowest BCUT2D eigenvalue weighted by atomic mass is 9.96. The lowest BCUT2D eigenvalue weighted by Gasteiger charge is -2.44. The second-order valence-electron chi connectivity index (χ2n) is 18.1. The van der Waals surface area contributed by atoms with Gasteiger partial charge in [-0.15, -0.1) is 0 Å². The highest BCUT2D eigenvalue weighted by molar-refractivity contribution is 7.46. The molecule has 15 heteroatoms. The summed E-state index contributed by atoms with van der Waals surface area (Å²) in [6.45, 7) is 5.68. The third kappa shape index (κ3) is 31.8. The van der Waals surface area contributed by atoms with Crippen molar-refractivity contribution in [2.24, 2.45) is 0 Å². The van der Waals surface area contributed by atoms with E-state index in [0.29, 0.717) is 25.7 Å². The Hall–Kier alpha value is -1.64. The van der Waals surface area contributed by atoms with Crippen molar-refractivity contribution >= 4 is 25.7 Å². The molecule has 1 fully saturated rings. The van der Waals surface area contributed by atoms with Crippen LogP contribution in [0.25, 0.3) is 0 Å². The van der Waals surface area contributed by atoms with E-state index in [9.17, 15) is 44.1 Å². The summed E-state index contributed by atoms with van der Waals surface area (Å²) in [5.41, 5.74) is 0. The zero-order valence-electron chi connectivity index (χ0n) is 39.7. The summed E-state index contributed by atoms with van der Waals surface area (Å²) in [6.07, 6.45) is 22.8. The highest BCUT2D eigenvalue weighted by atomic mass is 31.2. The average Bonchev–Trinajstić information content (AvgIpc) is 3.22. The monoisotopic (exact) mass is 922 g/mol. The number of esters is 2. The maximum Gasteiger partial charge on any atom is 0.470 e. The van der Waals surface area contributed by atoms with Gasteiger partial charge >= 0.3 is 19.8 Å². The number of amides is 1. The van der Waals surface area contributed by atoms with Gasteiger partial charge in [0.15, 0.2) is 6.10 Å². The average molecular weight is 922 g/mol. The Labute approximate surface area is 381 Å². The molecule has 7 atom stereocenters. The van der Waals surface area contributed by atoms with Crippen LogP contribution in [0, 0.1) is 0 Å². The summed E-state index contributed by atoms with van der Waals surface area (Å²) >= 11 is 0. The quantitative estimate of drug-likeness (QED) is 0.0191. The molecule has 1 saturated heterocycles. The fraction of sp³-hybridized carbons (Fsp3) is 0.938. The predicted octanol–water partition coefficient (Wildman–Crippen LogP) is 10.2. The Bertz CT molecular complexity index is 1190. The third-order valence-electron chi connectivity index (χ3n) is 12.0. The van der Waals surface area contributed by atoms with Crippen molar-refractivity contribution in [2.45, 2.75) is 282 Å². The SMILES string of the molecule is CCCCCCCCCCCCC[C@@H](O)CC(=O)O[C@H]1O[C@H](CO)[C@@H](OP(=O)(O)O)[C@H](OC(=O)C[C@H](O)CCCCCCCCCCCCC)[C@H]1NC(=O)CCCCCCCCC. The van der Waals surface area contributed by atoms with Crippen LogP contribution < -0.4 is 5.32 Å². The van der Waals surface area contributed by atoms with Crippen molar-refractivity contribution in [1.29, 1.82) is 0 Å². The molecule has 0 radical (unpaired) electrons. The van der Waals surface area contributed by atoms with Crippen LogP contribution in [0.1, 0.15) is 239 Å². The molecule has 14 nitrogen and oxygen atoms in total. The summed E-state index contributed by atoms with van der Waals surface area (Å²) in [4.78, 5) is 59.8. The Balaban J connectivity index is 2.97. The molecule has 0 saturated carbocycles. The second-order valence-corrected chi connectivity index (χ2v) is 19.3. The number of phosphoric ester groups is 1. The van der Waals surface area contributed by atoms with E-state index in [1.807, 2.05) is 0 Å². The first-order valence-corrected chi connectivity index (χ1v) is 26.9. The van der Waals surface area contributed by atoms with E-state index in [2.05, 4.69) is 26.1 Å². The first kappa shape index (κ1) is 59.4. The molecule has 0 bridgehead atoms. The van der Waals surface area contributed by atoms with Gasteiger partial charge < -0.3 is 44.6 Å². The van der Waals surface area contributed by atoms with Crippen LogP contribution >= 0.6 is 7.82 Å². The van der Waals surface area contributed by atoms with Gasteiger partial charge in [-0.3, -0.25) is 18.9 Å². The van der Waals surface area contributed by atoms with Crippen molar-refractivity contribution in [1.82, 2.24) is 5.32 Å². The molecule has 1 heterocycles. The molecule has 1 aliphatic rings. The lowest BCUT2D eigenvalue weighted by Crippen LogP contribution is -2.66. The van der Waals surface area contributed by atoms with Gasteiger partial charge in [0, 0.05) is 6.42 Å². The predicted molar refractivity (Wildman–Crippen MR) is 247 cm³/mol. The van der Waals surface area contributed by atoms with Crippen molar-refractivity contribution < 1.29 is 62.8 Å². The van der Waals surface area contributed by atoms with Crippen molar-refractivity contribution in [3.8, 4) is 0 Å². The lowest BCUT2D eigenvalue weighted by molar-refractivity contribution is -0.265. The van der Waals surface area contributed by atoms with E-state index in [1.165, 1.54) is 89.9 Å². The van der Waals surface area contributed by atoms with Gasteiger partial charge in [0.2, 0.25) is 12.2 Å². The molecular formula is C48H92NO13P. The number of carbonyl (C=O) groups is 3. The van der Waals surface area contributed by atoms with Gasteiger partial charge in [-0.05, 0) is 19.3 Å². The number of rotatable bonds is 42. The maximum atomic E-state index is 13.4. The number of hydrogen-bond acceptors (Lipinski definition) is 11. The number of ether oxygens (including phenoxy) is 3. The summed E-state index contributed by atoms with van der Waals surface area (Å²) in [5, 5.41) is 34.5. The highest BCUT2D eigenvalue weighted by Crippen LogP contribution is 2.42. The van der Waals surface area contributed by atoms with E-state index in [4.69, 9.17) is 18.7 Å². The minimum Gasteiger partial charge on any atom is -0.457 e. The number of hydrogen-bond donors (Lipinski definition) is 6. The first-order chi connectivity index (χ1) is 30.3. The van der Waals surface area contributed by atoms with Crippen molar-refractivity contribution in [3.63, 3.8) is 0 Å². The fourth-order valence-corrected chi connectivity index (χ4v) is 8.86.